The van der Waals surface area contributed by atoms with Gasteiger partial charge < -0.3 is 14.2 Å². The van der Waals surface area contributed by atoms with E-state index in [4.69, 9.17) is 14.2 Å². The van der Waals surface area contributed by atoms with E-state index in [9.17, 15) is 14.4 Å². The predicted octanol–water partition coefficient (Wildman–Crippen LogP) is 22.3. The Kier molecular flexibility index (Phi) is 60.6. The van der Waals surface area contributed by atoms with Gasteiger partial charge in [0.15, 0.2) is 6.10 Å². The van der Waals surface area contributed by atoms with E-state index in [0.717, 1.165) is 57.8 Å². The van der Waals surface area contributed by atoms with Crippen molar-refractivity contribution in [1.82, 2.24) is 0 Å². The van der Waals surface area contributed by atoms with Crippen LogP contribution < -0.4 is 0 Å². The van der Waals surface area contributed by atoms with Crippen LogP contribution in [0, 0.1) is 0 Å². The summed E-state index contributed by atoms with van der Waals surface area (Å²) < 4.78 is 16.9. The van der Waals surface area contributed by atoms with Crippen LogP contribution in [-0.2, 0) is 28.6 Å². The average Bonchev–Trinajstić information content (AvgIpc) is 3.38. The van der Waals surface area contributed by atoms with Crippen LogP contribution in [0.25, 0.3) is 0 Å². The third kappa shape index (κ3) is 59.3. The molecule has 1 atom stereocenters. The summed E-state index contributed by atoms with van der Waals surface area (Å²) in [7, 11) is 0. The molecule has 0 aliphatic rings. The highest BCUT2D eigenvalue weighted by Gasteiger charge is 2.19. The summed E-state index contributed by atoms with van der Waals surface area (Å²) in [5.74, 6) is -0.830. The number of hydrogen-bond acceptors (Lipinski definition) is 6. The molecule has 6 heteroatoms. The fourth-order valence-corrected chi connectivity index (χ4v) is 10.4. The zero-order valence-corrected chi connectivity index (χ0v) is 49.2. The summed E-state index contributed by atoms with van der Waals surface area (Å²) in [5, 5.41) is 0. The molecular formula is C66H128O6. The third-order valence-electron chi connectivity index (χ3n) is 15.4. The van der Waals surface area contributed by atoms with Gasteiger partial charge in [-0.3, -0.25) is 14.4 Å². The van der Waals surface area contributed by atoms with Crippen molar-refractivity contribution in [3.8, 4) is 0 Å². The van der Waals surface area contributed by atoms with Crippen LogP contribution >= 0.6 is 0 Å². The molecule has 0 saturated carbocycles. The van der Waals surface area contributed by atoms with Gasteiger partial charge in [0, 0.05) is 19.3 Å². The van der Waals surface area contributed by atoms with E-state index < -0.39 is 6.10 Å². The largest absolute Gasteiger partial charge is 0.462 e. The van der Waals surface area contributed by atoms with Crippen LogP contribution in [0.2, 0.25) is 0 Å². The lowest BCUT2D eigenvalue weighted by atomic mass is 10.0. The van der Waals surface area contributed by atoms with E-state index in [1.54, 1.807) is 0 Å². The SMILES string of the molecule is CCCCCCCCCCCCCCCCCCCCCCCCCCCCC(=O)OCC(COC(=O)CCCCCCCCCCC)OC(=O)CCCCCCCCCCCCCCCCCCCCC. The number of hydrogen-bond donors (Lipinski definition) is 0. The molecule has 0 N–H and O–H groups in total. The summed E-state index contributed by atoms with van der Waals surface area (Å²) >= 11 is 0. The molecule has 0 aromatic carbocycles. The molecule has 0 amide bonds. The molecule has 0 rings (SSSR count). The molecule has 72 heavy (non-hydrogen) atoms. The van der Waals surface area contributed by atoms with Crippen molar-refractivity contribution in [3.63, 3.8) is 0 Å². The van der Waals surface area contributed by atoms with Crippen molar-refractivity contribution in [2.45, 2.75) is 393 Å². The maximum Gasteiger partial charge on any atom is 0.306 e. The van der Waals surface area contributed by atoms with Crippen LogP contribution in [0.5, 0.6) is 0 Å². The quantitative estimate of drug-likeness (QED) is 0.0343. The molecule has 0 saturated heterocycles. The zero-order valence-electron chi connectivity index (χ0n) is 49.2. The Labute approximate surface area is 450 Å². The van der Waals surface area contributed by atoms with Gasteiger partial charge in [0.2, 0.25) is 0 Å². The lowest BCUT2D eigenvalue weighted by Crippen LogP contribution is -2.30. The molecule has 1 unspecified atom stereocenters. The lowest BCUT2D eigenvalue weighted by Gasteiger charge is -2.18. The third-order valence-corrected chi connectivity index (χ3v) is 15.4. The molecule has 0 radical (unpaired) electrons. The maximum atomic E-state index is 12.9. The van der Waals surface area contributed by atoms with E-state index in [2.05, 4.69) is 20.8 Å². The van der Waals surface area contributed by atoms with Crippen molar-refractivity contribution >= 4 is 17.9 Å². The van der Waals surface area contributed by atoms with Crippen LogP contribution in [-0.4, -0.2) is 37.2 Å². The number of esters is 3. The normalized spacial score (nSPS) is 11.9. The van der Waals surface area contributed by atoms with E-state index in [-0.39, 0.29) is 31.1 Å². The Morgan fingerprint density at radius 1 is 0.222 bits per heavy atom. The molecule has 0 fully saturated rings. The van der Waals surface area contributed by atoms with Gasteiger partial charge >= 0.3 is 17.9 Å². The van der Waals surface area contributed by atoms with Gasteiger partial charge in [-0.1, -0.05) is 348 Å². The monoisotopic (exact) mass is 1020 g/mol. The van der Waals surface area contributed by atoms with Gasteiger partial charge in [-0.2, -0.15) is 0 Å². The van der Waals surface area contributed by atoms with Crippen molar-refractivity contribution in [3.05, 3.63) is 0 Å². The Bertz CT molecular complexity index is 1080. The van der Waals surface area contributed by atoms with Crippen LogP contribution in [0.1, 0.15) is 387 Å². The Morgan fingerprint density at radius 3 is 0.556 bits per heavy atom. The van der Waals surface area contributed by atoms with Crippen molar-refractivity contribution < 1.29 is 28.6 Å². The average molecular weight is 1020 g/mol. The number of carbonyl (C=O) groups excluding carboxylic acids is 3. The summed E-state index contributed by atoms with van der Waals surface area (Å²) in [6, 6.07) is 0. The van der Waals surface area contributed by atoms with Gasteiger partial charge in [0.1, 0.15) is 13.2 Å². The number of carbonyl (C=O) groups is 3. The number of unbranched alkanes of at least 4 members (excludes halogenated alkanes) is 51. The van der Waals surface area contributed by atoms with Crippen molar-refractivity contribution in [2.75, 3.05) is 13.2 Å². The highest BCUT2D eigenvalue weighted by atomic mass is 16.6. The second-order valence-electron chi connectivity index (χ2n) is 22.8. The first-order valence-electron chi connectivity index (χ1n) is 33.0. The first-order valence-corrected chi connectivity index (χ1v) is 33.0. The molecular weight excluding hydrogens is 889 g/mol. The number of ether oxygens (including phenoxy) is 3. The summed E-state index contributed by atoms with van der Waals surface area (Å²) in [6.45, 7) is 6.71. The van der Waals surface area contributed by atoms with Crippen LogP contribution in [0.3, 0.4) is 0 Å². The molecule has 0 bridgehead atoms. The Hall–Kier alpha value is -1.59. The standard InChI is InChI=1S/C66H128O6/c1-4-7-10-13-16-19-21-23-25-27-29-30-31-32-33-34-35-37-38-40-42-44-47-50-53-56-59-65(68)71-62-63(61-70-64(67)58-55-52-49-46-18-15-12-9-6-3)72-66(69)60-57-54-51-48-45-43-41-39-36-28-26-24-22-20-17-14-11-8-5-2/h63H,4-62H2,1-3H3. The van der Waals surface area contributed by atoms with Crippen molar-refractivity contribution in [2.24, 2.45) is 0 Å². The first-order chi connectivity index (χ1) is 35.5. The first kappa shape index (κ1) is 70.4. The topological polar surface area (TPSA) is 78.9 Å². The molecule has 0 aromatic rings. The minimum absolute atomic E-state index is 0.0610. The van der Waals surface area contributed by atoms with Crippen molar-refractivity contribution in [1.29, 1.82) is 0 Å². The molecule has 428 valence electrons. The lowest BCUT2D eigenvalue weighted by molar-refractivity contribution is -0.167. The fraction of sp³-hybridized carbons (Fsp3) is 0.955. The molecule has 6 nitrogen and oxygen atoms in total. The van der Waals surface area contributed by atoms with Gasteiger partial charge in [-0.05, 0) is 19.3 Å². The second-order valence-corrected chi connectivity index (χ2v) is 22.8. The molecule has 0 aliphatic carbocycles. The fourth-order valence-electron chi connectivity index (χ4n) is 10.4. The van der Waals surface area contributed by atoms with E-state index in [0.29, 0.717) is 19.3 Å². The van der Waals surface area contributed by atoms with E-state index >= 15 is 0 Å². The van der Waals surface area contributed by atoms with Crippen LogP contribution in [0.15, 0.2) is 0 Å². The highest BCUT2D eigenvalue weighted by Crippen LogP contribution is 2.19. The summed E-state index contributed by atoms with van der Waals surface area (Å²) in [4.78, 5) is 38.2. The maximum absolute atomic E-state index is 12.9. The summed E-state index contributed by atoms with van der Waals surface area (Å²) in [5.41, 5.74) is 0. The Morgan fingerprint density at radius 2 is 0.375 bits per heavy atom. The van der Waals surface area contributed by atoms with Gasteiger partial charge in [0.05, 0.1) is 0 Å². The van der Waals surface area contributed by atoms with Crippen LogP contribution in [0.4, 0.5) is 0 Å². The molecule has 0 aromatic heterocycles. The van der Waals surface area contributed by atoms with Gasteiger partial charge in [0.25, 0.3) is 0 Å². The molecule has 0 aliphatic heterocycles. The van der Waals surface area contributed by atoms with E-state index in [1.807, 2.05) is 0 Å². The van der Waals surface area contributed by atoms with Gasteiger partial charge in [-0.15, -0.1) is 0 Å². The highest BCUT2D eigenvalue weighted by molar-refractivity contribution is 5.71. The molecule has 0 spiro atoms. The van der Waals surface area contributed by atoms with E-state index in [1.165, 1.54) is 289 Å². The second kappa shape index (κ2) is 62.0. The zero-order chi connectivity index (χ0) is 52.2. The van der Waals surface area contributed by atoms with Gasteiger partial charge in [-0.25, -0.2) is 0 Å². The summed E-state index contributed by atoms with van der Waals surface area (Å²) in [6.07, 6.45) is 71.4. The minimum atomic E-state index is -0.761. The Balaban J connectivity index is 4.09. The minimum Gasteiger partial charge on any atom is -0.462 e. The smallest absolute Gasteiger partial charge is 0.306 e. The molecule has 0 heterocycles. The predicted molar refractivity (Wildman–Crippen MR) is 312 cm³/mol. The number of rotatable bonds is 62.